The van der Waals surface area contributed by atoms with Gasteiger partial charge in [0.1, 0.15) is 15.2 Å². The van der Waals surface area contributed by atoms with Crippen molar-refractivity contribution in [1.82, 2.24) is 4.72 Å². The van der Waals surface area contributed by atoms with Gasteiger partial charge in [-0.25, -0.2) is 13.1 Å². The molecule has 0 bridgehead atoms. The lowest BCUT2D eigenvalue weighted by atomic mass is 9.75. The molecule has 6 nitrogen and oxygen atoms in total. The number of nitriles is 1. The van der Waals surface area contributed by atoms with E-state index in [-0.39, 0.29) is 10.6 Å². The smallest absolute Gasteiger partial charge is 0.305 e. The van der Waals surface area contributed by atoms with Crippen molar-refractivity contribution in [2.75, 3.05) is 0 Å². The van der Waals surface area contributed by atoms with Gasteiger partial charge in [-0.2, -0.15) is 5.26 Å². The van der Waals surface area contributed by atoms with Crippen molar-refractivity contribution in [3.63, 3.8) is 0 Å². The Labute approximate surface area is 114 Å². The van der Waals surface area contributed by atoms with Crippen molar-refractivity contribution in [2.24, 2.45) is 0 Å². The molecule has 1 aromatic rings. The van der Waals surface area contributed by atoms with Crippen LogP contribution in [0.5, 0.6) is 0 Å². The van der Waals surface area contributed by atoms with Gasteiger partial charge in [0.2, 0.25) is 0 Å². The second-order valence-corrected chi connectivity index (χ2v) is 7.53. The highest BCUT2D eigenvalue weighted by atomic mass is 32.2. The second kappa shape index (κ2) is 4.92. The molecule has 0 atom stereocenters. The number of hydrogen-bond donors (Lipinski definition) is 2. The van der Waals surface area contributed by atoms with Gasteiger partial charge in [0.15, 0.2) is 0 Å². The maximum Gasteiger partial charge on any atom is 0.305 e. The average Bonchev–Trinajstić information content (AvgIpc) is 2.74. The van der Waals surface area contributed by atoms with Crippen molar-refractivity contribution in [1.29, 1.82) is 5.26 Å². The van der Waals surface area contributed by atoms with E-state index in [1.165, 1.54) is 12.1 Å². The molecule has 102 valence electrons. The summed E-state index contributed by atoms with van der Waals surface area (Å²) in [5, 5.41) is 17.5. The van der Waals surface area contributed by atoms with Crippen LogP contribution in [0.2, 0.25) is 0 Å². The summed E-state index contributed by atoms with van der Waals surface area (Å²) >= 11 is 0.875. The van der Waals surface area contributed by atoms with Gasteiger partial charge in [0.25, 0.3) is 10.0 Å². The first-order valence-electron chi connectivity index (χ1n) is 5.63. The van der Waals surface area contributed by atoms with E-state index in [0.717, 1.165) is 17.8 Å². The van der Waals surface area contributed by atoms with Crippen LogP contribution < -0.4 is 4.72 Å². The van der Waals surface area contributed by atoms with Crippen molar-refractivity contribution in [2.45, 2.75) is 35.4 Å². The number of aliphatic carboxylic acids is 1. The predicted octanol–water partition coefficient (Wildman–Crippen LogP) is 1.30. The van der Waals surface area contributed by atoms with Crippen molar-refractivity contribution in [3.05, 3.63) is 17.0 Å². The number of carbonyl (C=O) groups is 1. The van der Waals surface area contributed by atoms with Crippen LogP contribution in [0, 0.1) is 11.3 Å². The molecule has 1 heterocycles. The first-order valence-corrected chi connectivity index (χ1v) is 7.93. The summed E-state index contributed by atoms with van der Waals surface area (Å²) in [6.45, 7) is 0. The number of thiophene rings is 1. The maximum absolute atomic E-state index is 12.1. The minimum Gasteiger partial charge on any atom is -0.481 e. The fraction of sp³-hybridized carbons (Fsp3) is 0.455. The second-order valence-electron chi connectivity index (χ2n) is 4.54. The highest BCUT2D eigenvalue weighted by molar-refractivity contribution is 7.91. The lowest BCUT2D eigenvalue weighted by molar-refractivity contribution is -0.139. The number of sulfonamides is 1. The minimum absolute atomic E-state index is 0.0423. The third kappa shape index (κ3) is 2.94. The largest absolute Gasteiger partial charge is 0.481 e. The molecule has 1 aliphatic carbocycles. The zero-order valence-electron chi connectivity index (χ0n) is 9.92. The molecule has 2 rings (SSSR count). The lowest BCUT2D eigenvalue weighted by Crippen LogP contribution is -2.54. The Morgan fingerprint density at radius 1 is 1.53 bits per heavy atom. The molecular weight excluding hydrogens is 288 g/mol. The van der Waals surface area contributed by atoms with Crippen LogP contribution in [0.25, 0.3) is 0 Å². The lowest BCUT2D eigenvalue weighted by Gasteiger charge is -2.40. The standard InChI is InChI=1S/C11H12N2O4S2/c12-7-8-2-3-10(18-8)19(16,17)13-11(4-1-5-11)6-9(14)15/h2-3,13H,1,4-6H2,(H,14,15). The Balaban J connectivity index is 2.21. The molecule has 0 spiro atoms. The molecule has 8 heteroatoms. The van der Waals surface area contributed by atoms with E-state index < -0.39 is 21.5 Å². The molecule has 1 saturated carbocycles. The first kappa shape index (κ1) is 14.0. The van der Waals surface area contributed by atoms with E-state index in [1.54, 1.807) is 0 Å². The van der Waals surface area contributed by atoms with Gasteiger partial charge >= 0.3 is 5.97 Å². The van der Waals surface area contributed by atoms with Crippen molar-refractivity contribution in [3.8, 4) is 6.07 Å². The van der Waals surface area contributed by atoms with E-state index in [0.29, 0.717) is 17.7 Å². The van der Waals surface area contributed by atoms with Gasteiger partial charge in [-0.15, -0.1) is 11.3 Å². The van der Waals surface area contributed by atoms with Crippen molar-refractivity contribution < 1.29 is 18.3 Å². The molecule has 1 fully saturated rings. The number of rotatable bonds is 5. The average molecular weight is 300 g/mol. The van der Waals surface area contributed by atoms with Gasteiger partial charge in [-0.05, 0) is 31.4 Å². The van der Waals surface area contributed by atoms with Crippen LogP contribution in [0.4, 0.5) is 0 Å². The fourth-order valence-corrected chi connectivity index (χ4v) is 4.63. The molecule has 2 N–H and O–H groups in total. The molecule has 0 amide bonds. The number of nitrogens with zero attached hydrogens (tertiary/aromatic N) is 1. The molecule has 1 aliphatic rings. The Morgan fingerprint density at radius 2 is 2.21 bits per heavy atom. The number of carboxylic acids is 1. The van der Waals surface area contributed by atoms with Gasteiger partial charge in [-0.3, -0.25) is 4.79 Å². The summed E-state index contributed by atoms with van der Waals surface area (Å²) in [5.41, 5.74) is -0.874. The SMILES string of the molecule is N#Cc1ccc(S(=O)(=O)NC2(CC(=O)O)CCC2)s1. The highest BCUT2D eigenvalue weighted by Crippen LogP contribution is 2.37. The third-order valence-electron chi connectivity index (χ3n) is 3.11. The number of nitrogens with one attached hydrogen (secondary N) is 1. The topological polar surface area (TPSA) is 107 Å². The van der Waals surface area contributed by atoms with E-state index >= 15 is 0 Å². The summed E-state index contributed by atoms with van der Waals surface area (Å²) in [4.78, 5) is 11.1. The molecule has 0 unspecified atom stereocenters. The number of hydrogen-bond acceptors (Lipinski definition) is 5. The molecule has 19 heavy (non-hydrogen) atoms. The molecular formula is C11H12N2O4S2. The van der Waals surface area contributed by atoms with Crippen LogP contribution in [0.3, 0.4) is 0 Å². The van der Waals surface area contributed by atoms with Gasteiger partial charge in [0.05, 0.1) is 6.42 Å². The van der Waals surface area contributed by atoms with E-state index in [2.05, 4.69) is 4.72 Å². The molecule has 0 saturated heterocycles. The van der Waals surface area contributed by atoms with E-state index in [1.807, 2.05) is 6.07 Å². The summed E-state index contributed by atoms with van der Waals surface area (Å²) in [6, 6.07) is 4.67. The van der Waals surface area contributed by atoms with Crippen molar-refractivity contribution >= 4 is 27.3 Å². The quantitative estimate of drug-likeness (QED) is 0.852. The van der Waals surface area contributed by atoms with Gasteiger partial charge in [-0.1, -0.05) is 0 Å². The van der Waals surface area contributed by atoms with Crippen LogP contribution in [-0.2, 0) is 14.8 Å². The first-order chi connectivity index (χ1) is 8.87. The summed E-state index contributed by atoms with van der Waals surface area (Å²) in [5.74, 6) is -1.02. The minimum atomic E-state index is -3.76. The monoisotopic (exact) mass is 300 g/mol. The van der Waals surface area contributed by atoms with Crippen LogP contribution in [-0.4, -0.2) is 25.0 Å². The molecule has 0 aliphatic heterocycles. The summed E-state index contributed by atoms with van der Waals surface area (Å²) in [6.07, 6.45) is 1.64. The molecule has 0 aromatic carbocycles. The molecule has 0 radical (unpaired) electrons. The van der Waals surface area contributed by atoms with E-state index in [4.69, 9.17) is 10.4 Å². The molecule has 1 aromatic heterocycles. The zero-order chi connectivity index (χ0) is 14.1. The predicted molar refractivity (Wildman–Crippen MR) is 68.2 cm³/mol. The van der Waals surface area contributed by atoms with Gasteiger partial charge < -0.3 is 5.11 Å². The Kier molecular flexibility index (Phi) is 3.62. The van der Waals surface area contributed by atoms with Crippen LogP contribution in [0.15, 0.2) is 16.3 Å². The van der Waals surface area contributed by atoms with Gasteiger partial charge in [0, 0.05) is 5.54 Å². The van der Waals surface area contributed by atoms with Crippen LogP contribution >= 0.6 is 11.3 Å². The Bertz CT molecular complexity index is 638. The summed E-state index contributed by atoms with van der Waals surface area (Å²) in [7, 11) is -3.76. The fourth-order valence-electron chi connectivity index (χ4n) is 2.07. The third-order valence-corrected chi connectivity index (χ3v) is 6.17. The Hall–Kier alpha value is -1.43. The van der Waals surface area contributed by atoms with Crippen LogP contribution in [0.1, 0.15) is 30.6 Å². The Morgan fingerprint density at radius 3 is 2.63 bits per heavy atom. The highest BCUT2D eigenvalue weighted by Gasteiger charge is 2.42. The van der Waals surface area contributed by atoms with E-state index in [9.17, 15) is 13.2 Å². The maximum atomic E-state index is 12.1. The summed E-state index contributed by atoms with van der Waals surface area (Å²) < 4.78 is 26.8. The number of carboxylic acid groups (broad SMARTS) is 1. The normalized spacial score (nSPS) is 17.4. The zero-order valence-corrected chi connectivity index (χ0v) is 11.6.